The molecule has 7 N–H and O–H groups in total. The second-order valence-corrected chi connectivity index (χ2v) is 17.4. The third-order valence-electron chi connectivity index (χ3n) is 12.5. The van der Waals surface area contributed by atoms with Crippen LogP contribution in [0.1, 0.15) is 74.8 Å². The van der Waals surface area contributed by atoms with Crippen molar-refractivity contribution >= 4 is 18.5 Å². The third-order valence-corrected chi connectivity index (χ3v) is 12.5. The molecule has 2 aliphatic rings. The van der Waals surface area contributed by atoms with Crippen LogP contribution in [0.5, 0.6) is 0 Å². The first-order chi connectivity index (χ1) is 31.6. The molecule has 2 fully saturated rings. The molecule has 6 unspecified atom stereocenters. The Bertz CT molecular complexity index is 2430. The molecule has 2 aromatic carbocycles. The molecule has 1 aromatic heterocycles. The minimum atomic E-state index is -1.05. The highest BCUT2D eigenvalue weighted by Gasteiger charge is 2.43. The summed E-state index contributed by atoms with van der Waals surface area (Å²) >= 11 is 0. The Morgan fingerprint density at radius 3 is 2.15 bits per heavy atom. The first-order valence-electron chi connectivity index (χ1n) is 22.2. The number of hydrogen-bond acceptors (Lipinski definition) is 10. The van der Waals surface area contributed by atoms with Gasteiger partial charge in [0.2, 0.25) is 5.43 Å². The monoisotopic (exact) mass is 934 g/mol. The molecule has 5 rings (SSSR count). The Morgan fingerprint density at radius 1 is 0.955 bits per heavy atom. The average Bonchev–Trinajstić information content (AvgIpc) is 3.47. The van der Waals surface area contributed by atoms with Crippen LogP contribution in [0.4, 0.5) is 17.6 Å². The molecule has 11 nitrogen and oxygen atoms in total. The van der Waals surface area contributed by atoms with E-state index in [0.717, 1.165) is 35.2 Å². The molecule has 0 aliphatic carbocycles. The van der Waals surface area contributed by atoms with Crippen molar-refractivity contribution < 1.29 is 32.9 Å². The van der Waals surface area contributed by atoms with Crippen LogP contribution in [0.15, 0.2) is 109 Å². The summed E-state index contributed by atoms with van der Waals surface area (Å²) in [5.74, 6) is -3.25. The van der Waals surface area contributed by atoms with Crippen molar-refractivity contribution in [3.63, 3.8) is 0 Å². The Hall–Kier alpha value is -5.55. The van der Waals surface area contributed by atoms with Gasteiger partial charge in [-0.3, -0.25) is 9.69 Å². The van der Waals surface area contributed by atoms with E-state index in [9.17, 15) is 37.7 Å². The Kier molecular flexibility index (Phi) is 21.3. The molecule has 15 heteroatoms. The van der Waals surface area contributed by atoms with Gasteiger partial charge in [0, 0.05) is 96.1 Å². The maximum atomic E-state index is 14.0. The van der Waals surface area contributed by atoms with Gasteiger partial charge in [0.1, 0.15) is 40.5 Å². The number of allylic oxidation sites excluding steroid dienone is 5. The molecule has 366 valence electrons. The van der Waals surface area contributed by atoms with Gasteiger partial charge in [0.15, 0.2) is 0 Å². The Balaban J connectivity index is 0.000000302. The highest BCUT2D eigenvalue weighted by Crippen LogP contribution is 2.30. The minimum absolute atomic E-state index is 0.0222. The smallest absolute Gasteiger partial charge is 0.212 e. The second-order valence-electron chi connectivity index (χ2n) is 17.4. The van der Waals surface area contributed by atoms with Gasteiger partial charge in [-0.15, -0.1) is 0 Å². The van der Waals surface area contributed by atoms with Crippen LogP contribution in [0, 0.1) is 30.2 Å². The maximum Gasteiger partial charge on any atom is 0.212 e. The molecule has 3 aromatic rings. The van der Waals surface area contributed by atoms with Crippen molar-refractivity contribution in [3.8, 4) is 0 Å². The lowest BCUT2D eigenvalue weighted by molar-refractivity contribution is 0.00106. The predicted octanol–water partition coefficient (Wildman–Crippen LogP) is 6.37. The topological polar surface area (TPSA) is 142 Å². The van der Waals surface area contributed by atoms with Gasteiger partial charge in [0.05, 0.1) is 18.2 Å². The fourth-order valence-corrected chi connectivity index (χ4v) is 7.88. The fraction of sp³-hybridized carbons (Fsp3) is 0.404. The molecule has 0 amide bonds. The van der Waals surface area contributed by atoms with E-state index in [1.165, 1.54) is 10.8 Å². The van der Waals surface area contributed by atoms with Crippen molar-refractivity contribution in [2.24, 2.45) is 5.73 Å². The van der Waals surface area contributed by atoms with Crippen LogP contribution in [0.3, 0.4) is 0 Å². The summed E-state index contributed by atoms with van der Waals surface area (Å²) < 4.78 is 55.6. The fourth-order valence-electron chi connectivity index (χ4n) is 7.88. The number of nitrogens with zero attached hydrogens (tertiary/aromatic N) is 4. The number of aliphatic hydroxyl groups is 3. The highest BCUT2D eigenvalue weighted by molar-refractivity contribution is 5.62. The minimum Gasteiger partial charge on any atom is -0.513 e. The number of nitrogens with two attached hydrogens (primary N) is 1. The number of hydrogen-bond donors (Lipinski definition) is 6. The number of likely N-dealkylation sites (N-methyl/N-ethyl adjacent to an activating group) is 2. The number of nitrogens with one attached hydrogen (secondary N) is 2. The number of rotatable bonds is 13. The second kappa shape index (κ2) is 25.5. The van der Waals surface area contributed by atoms with Gasteiger partial charge in [-0.2, -0.15) is 0 Å². The molecule has 0 radical (unpaired) electrons. The number of aromatic nitrogens is 1. The van der Waals surface area contributed by atoms with E-state index in [-0.39, 0.29) is 45.8 Å². The number of benzene rings is 2. The van der Waals surface area contributed by atoms with E-state index in [1.807, 2.05) is 58.1 Å². The van der Waals surface area contributed by atoms with Gasteiger partial charge in [-0.1, -0.05) is 57.2 Å². The van der Waals surface area contributed by atoms with Crippen molar-refractivity contribution in [1.82, 2.24) is 29.9 Å². The predicted molar refractivity (Wildman–Crippen MR) is 264 cm³/mol. The lowest BCUT2D eigenvalue weighted by Gasteiger charge is -2.45. The van der Waals surface area contributed by atoms with E-state index in [1.54, 1.807) is 37.4 Å². The molecule has 2 aliphatic heterocycles. The summed E-state index contributed by atoms with van der Waals surface area (Å²) in [4.78, 5) is 19.1. The number of pyridine rings is 1. The summed E-state index contributed by atoms with van der Waals surface area (Å²) in [7, 11) is 5.76. The molecular formula is C52H71F4N7O4. The zero-order chi connectivity index (χ0) is 50.3. The lowest BCUT2D eigenvalue weighted by atomic mass is 9.97. The summed E-state index contributed by atoms with van der Waals surface area (Å²) in [6.07, 6.45) is 12.6. The van der Waals surface area contributed by atoms with E-state index < -0.39 is 46.8 Å². The zero-order valence-corrected chi connectivity index (χ0v) is 40.1. The van der Waals surface area contributed by atoms with Crippen LogP contribution in [0.25, 0.3) is 18.5 Å². The average molecular weight is 934 g/mol. The van der Waals surface area contributed by atoms with Crippen molar-refractivity contribution in [3.05, 3.63) is 171 Å². The molecule has 2 saturated heterocycles. The van der Waals surface area contributed by atoms with Gasteiger partial charge < -0.3 is 46.1 Å². The van der Waals surface area contributed by atoms with Crippen molar-refractivity contribution in [2.75, 3.05) is 34.2 Å². The molecule has 6 atom stereocenters. The van der Waals surface area contributed by atoms with Gasteiger partial charge in [0.25, 0.3) is 0 Å². The molecule has 0 spiro atoms. The number of aliphatic hydroxyl groups excluding tert-OH is 3. The lowest BCUT2D eigenvalue weighted by Crippen LogP contribution is -2.65. The zero-order valence-electron chi connectivity index (χ0n) is 40.1. The third kappa shape index (κ3) is 14.5. The van der Waals surface area contributed by atoms with Crippen LogP contribution in [-0.2, 0) is 13.1 Å². The molecule has 3 heterocycles. The van der Waals surface area contributed by atoms with E-state index in [0.29, 0.717) is 56.9 Å². The SMILES string of the molecule is C=C(NCc1c(F)cc(F)cc1F)c1cn(C2CN(C)C(C)CCC2O)/c(=C/O)c(=O)c1=C.C=C/C=C(/C=C)N(/C=C(\C)C=C)C1(N)CN(C)C(C)CCC1O.CNCc1ccc(C)cc1F. The summed E-state index contributed by atoms with van der Waals surface area (Å²) in [6.45, 7) is 28.3. The first kappa shape index (κ1) is 55.8. The standard InChI is InChI=1S/C24H28F3N3O3.C19H31N3O.C9H12FN/c1-13-5-6-23(32)21(11-29(13)4)30-10-18(14(2)24(33)22(30)12-31)15(3)28-9-17-19(26)7-16(25)8-20(17)27;1-7-10-17(9-3)22(13-15(4)8-2)19(20)14-21(6)16(5)11-12-18(19)23;1-7-3-4-8(6-11-2)9(10)5-7/h7-8,10,12-13,21,23,28,31-32H,2-3,5-6,9,11H2,1,4H3;7-10,13,16,18,23H,1-3,11-12,14,20H2,4-6H3;3-5,11H,6H2,1-2H3/b22-12+;15-13+,17-10-;. The quantitative estimate of drug-likeness (QED) is 0.0652. The number of aryl methyl sites for hydroxylation is 1. The number of likely N-dealkylation sites (tertiary alicyclic amines) is 2. The Morgan fingerprint density at radius 2 is 1.58 bits per heavy atom. The largest absolute Gasteiger partial charge is 0.513 e. The van der Waals surface area contributed by atoms with Gasteiger partial charge >= 0.3 is 0 Å². The number of halogens is 4. The molecular weight excluding hydrogens is 863 g/mol. The first-order valence-corrected chi connectivity index (χ1v) is 22.2. The normalized spacial score (nSPS) is 23.1. The van der Waals surface area contributed by atoms with Crippen LogP contribution in [0.2, 0.25) is 0 Å². The van der Waals surface area contributed by atoms with E-state index >= 15 is 0 Å². The van der Waals surface area contributed by atoms with E-state index in [4.69, 9.17) is 5.73 Å². The van der Waals surface area contributed by atoms with Gasteiger partial charge in [-0.05, 0) is 104 Å². The summed E-state index contributed by atoms with van der Waals surface area (Å²) in [6, 6.07) is 6.49. The summed E-state index contributed by atoms with van der Waals surface area (Å²) in [5.41, 5.74) is 8.70. The molecule has 67 heavy (non-hydrogen) atoms. The summed E-state index contributed by atoms with van der Waals surface area (Å²) in [5, 5.41) is 37.0. The molecule has 0 bridgehead atoms. The highest BCUT2D eigenvalue weighted by atomic mass is 19.1. The molecule has 0 saturated carbocycles. The van der Waals surface area contributed by atoms with Gasteiger partial charge in [-0.25, -0.2) is 17.6 Å². The van der Waals surface area contributed by atoms with Crippen molar-refractivity contribution in [2.45, 2.75) is 102 Å². The van der Waals surface area contributed by atoms with Crippen LogP contribution < -0.4 is 32.4 Å². The van der Waals surface area contributed by atoms with Crippen molar-refractivity contribution in [1.29, 1.82) is 0 Å². The van der Waals surface area contributed by atoms with Crippen LogP contribution >= 0.6 is 0 Å². The Labute approximate surface area is 393 Å². The van der Waals surface area contributed by atoms with Crippen LogP contribution in [-0.4, -0.2) is 98.8 Å². The van der Waals surface area contributed by atoms with E-state index in [2.05, 4.69) is 60.3 Å². The maximum absolute atomic E-state index is 14.0.